The van der Waals surface area contributed by atoms with Gasteiger partial charge in [-0.2, -0.15) is 0 Å². The van der Waals surface area contributed by atoms with Crippen molar-refractivity contribution in [1.29, 1.82) is 0 Å². The Kier molecular flexibility index (Phi) is 6.13. The molecule has 0 fully saturated rings. The molecule has 5 nitrogen and oxygen atoms in total. The van der Waals surface area contributed by atoms with Gasteiger partial charge in [0, 0.05) is 20.3 Å². The molecule has 3 aromatic carbocycles. The second-order valence-electron chi connectivity index (χ2n) is 7.87. The van der Waals surface area contributed by atoms with Crippen molar-refractivity contribution in [3.63, 3.8) is 0 Å². The zero-order valence-electron chi connectivity index (χ0n) is 18.2. The van der Waals surface area contributed by atoms with Gasteiger partial charge in [0.25, 0.3) is 5.91 Å². The van der Waals surface area contributed by atoms with E-state index in [1.54, 1.807) is 18.2 Å². The zero-order valence-corrected chi connectivity index (χ0v) is 20.6. The number of aromatic nitrogens is 1. The van der Waals surface area contributed by atoms with Crippen molar-refractivity contribution in [3.8, 4) is 11.3 Å². The summed E-state index contributed by atoms with van der Waals surface area (Å²) in [6.07, 6.45) is 0.864. The first-order chi connectivity index (χ1) is 16.5. The number of rotatable bonds is 5. The van der Waals surface area contributed by atoms with Gasteiger partial charge >= 0.3 is 5.63 Å². The maximum atomic E-state index is 12.8. The Hall–Kier alpha value is -3.55. The van der Waals surface area contributed by atoms with Crippen molar-refractivity contribution in [1.82, 2.24) is 4.98 Å². The maximum Gasteiger partial charge on any atom is 0.349 e. The highest BCUT2D eigenvalue weighted by molar-refractivity contribution is 9.10. The number of benzene rings is 3. The maximum absolute atomic E-state index is 12.8. The molecule has 1 amide bonds. The van der Waals surface area contributed by atoms with Crippen LogP contribution in [0.15, 0.2) is 92.5 Å². The van der Waals surface area contributed by atoms with Gasteiger partial charge in [0.05, 0.1) is 5.69 Å². The summed E-state index contributed by atoms with van der Waals surface area (Å²) in [4.78, 5) is 30.8. The van der Waals surface area contributed by atoms with Crippen LogP contribution in [0.2, 0.25) is 0 Å². The Bertz CT molecular complexity index is 1560. The van der Waals surface area contributed by atoms with Crippen molar-refractivity contribution in [2.45, 2.75) is 13.3 Å². The molecule has 5 aromatic rings. The third kappa shape index (κ3) is 4.71. The van der Waals surface area contributed by atoms with Crippen LogP contribution < -0.4 is 10.9 Å². The third-order valence-electron chi connectivity index (χ3n) is 5.43. The predicted octanol–water partition coefficient (Wildman–Crippen LogP) is 6.83. The van der Waals surface area contributed by atoms with Gasteiger partial charge in [-0.1, -0.05) is 70.5 Å². The second-order valence-corrected chi connectivity index (χ2v) is 9.99. The van der Waals surface area contributed by atoms with Gasteiger partial charge in [-0.3, -0.25) is 10.1 Å². The smallest absolute Gasteiger partial charge is 0.349 e. The molecular formula is C27H19BrN2O3S. The van der Waals surface area contributed by atoms with Gasteiger partial charge in [-0.05, 0) is 48.7 Å². The number of halogens is 1. The molecular weight excluding hydrogens is 512 g/mol. The van der Waals surface area contributed by atoms with Crippen LogP contribution in [0.4, 0.5) is 5.13 Å². The van der Waals surface area contributed by atoms with Crippen molar-refractivity contribution in [3.05, 3.63) is 115 Å². The standard InChI is InChI=1S/C27H19BrN2O3S/c1-16-24(19-9-7-18(8-10-19)13-17-5-3-2-4-6-17)29-27(34-16)30-25(31)22-15-20-14-21(28)11-12-23(20)33-26(22)32/h2-12,14-15H,13H2,1H3,(H,29,30,31). The average Bonchev–Trinajstić information content (AvgIpc) is 3.19. The number of carbonyl (C=O) groups excluding carboxylic acids is 1. The van der Waals surface area contributed by atoms with E-state index >= 15 is 0 Å². The second kappa shape index (κ2) is 9.37. The molecule has 0 unspecified atom stereocenters. The fraction of sp³-hybridized carbons (Fsp3) is 0.0741. The van der Waals surface area contributed by atoms with E-state index in [1.165, 1.54) is 28.5 Å². The van der Waals surface area contributed by atoms with Gasteiger partial charge in [-0.25, -0.2) is 9.78 Å². The summed E-state index contributed by atoms with van der Waals surface area (Å²) >= 11 is 4.76. The van der Waals surface area contributed by atoms with E-state index in [0.29, 0.717) is 16.1 Å². The minimum Gasteiger partial charge on any atom is -0.422 e. The summed E-state index contributed by atoms with van der Waals surface area (Å²) in [6.45, 7) is 1.96. The molecule has 2 heterocycles. The molecule has 0 saturated heterocycles. The van der Waals surface area contributed by atoms with Crippen LogP contribution in [-0.2, 0) is 6.42 Å². The monoisotopic (exact) mass is 530 g/mol. The highest BCUT2D eigenvalue weighted by Gasteiger charge is 2.17. The first-order valence-corrected chi connectivity index (χ1v) is 12.2. The fourth-order valence-corrected chi connectivity index (χ4v) is 4.96. The minimum absolute atomic E-state index is 0.0646. The summed E-state index contributed by atoms with van der Waals surface area (Å²) in [5, 5.41) is 3.84. The number of hydrogen-bond acceptors (Lipinski definition) is 5. The lowest BCUT2D eigenvalue weighted by Gasteiger charge is -2.04. The Labute approximate surface area is 208 Å². The molecule has 168 valence electrons. The van der Waals surface area contributed by atoms with E-state index in [-0.39, 0.29) is 5.56 Å². The molecule has 0 aliphatic rings. The van der Waals surface area contributed by atoms with Crippen molar-refractivity contribution < 1.29 is 9.21 Å². The van der Waals surface area contributed by atoms with Gasteiger partial charge < -0.3 is 4.42 Å². The number of anilines is 1. The van der Waals surface area contributed by atoms with Crippen LogP contribution in [0, 0.1) is 6.92 Å². The summed E-state index contributed by atoms with van der Waals surface area (Å²) in [5.41, 5.74) is 3.93. The molecule has 7 heteroatoms. The molecule has 0 saturated carbocycles. The number of thiazole rings is 1. The van der Waals surface area contributed by atoms with Gasteiger partial charge in [0.1, 0.15) is 11.1 Å². The highest BCUT2D eigenvalue weighted by atomic mass is 79.9. The number of nitrogens with one attached hydrogen (secondary N) is 1. The minimum atomic E-state index is -0.685. The molecule has 0 aliphatic carbocycles. The van der Waals surface area contributed by atoms with Crippen molar-refractivity contribution in [2.75, 3.05) is 5.32 Å². The van der Waals surface area contributed by atoms with E-state index in [9.17, 15) is 9.59 Å². The fourth-order valence-electron chi connectivity index (χ4n) is 3.75. The van der Waals surface area contributed by atoms with Crippen LogP contribution in [0.25, 0.3) is 22.2 Å². The Morgan fingerprint density at radius 3 is 2.50 bits per heavy atom. The van der Waals surface area contributed by atoms with E-state index in [1.807, 2.05) is 37.3 Å². The first-order valence-electron chi connectivity index (χ1n) is 10.6. The van der Waals surface area contributed by atoms with E-state index in [0.717, 1.165) is 27.0 Å². The zero-order chi connectivity index (χ0) is 23.7. The summed E-state index contributed by atoms with van der Waals surface area (Å²) in [7, 11) is 0. The van der Waals surface area contributed by atoms with E-state index < -0.39 is 11.5 Å². The molecule has 2 aromatic heterocycles. The number of amides is 1. The average molecular weight is 531 g/mol. The number of carbonyl (C=O) groups is 1. The molecule has 0 spiro atoms. The van der Waals surface area contributed by atoms with Gasteiger partial charge in [0.15, 0.2) is 5.13 Å². The lowest BCUT2D eigenvalue weighted by atomic mass is 10.0. The van der Waals surface area contributed by atoms with Crippen molar-refractivity contribution >= 4 is 49.3 Å². The molecule has 34 heavy (non-hydrogen) atoms. The molecule has 5 rings (SSSR count). The Morgan fingerprint density at radius 1 is 1.00 bits per heavy atom. The van der Waals surface area contributed by atoms with Crippen LogP contribution in [0.5, 0.6) is 0 Å². The third-order valence-corrected chi connectivity index (χ3v) is 6.81. The molecule has 0 atom stereocenters. The first kappa shape index (κ1) is 22.3. The van der Waals surface area contributed by atoms with Crippen LogP contribution in [-0.4, -0.2) is 10.9 Å². The Balaban J connectivity index is 1.35. The molecule has 0 radical (unpaired) electrons. The molecule has 1 N–H and O–H groups in total. The summed E-state index contributed by atoms with van der Waals surface area (Å²) < 4.78 is 6.13. The normalized spacial score (nSPS) is 11.0. The number of nitrogens with zero attached hydrogens (tertiary/aromatic N) is 1. The Morgan fingerprint density at radius 2 is 1.74 bits per heavy atom. The van der Waals surface area contributed by atoms with Crippen molar-refractivity contribution in [2.24, 2.45) is 0 Å². The van der Waals surface area contributed by atoms with E-state index in [2.05, 4.69) is 50.5 Å². The predicted molar refractivity (Wildman–Crippen MR) is 140 cm³/mol. The molecule has 0 aliphatic heterocycles. The lowest BCUT2D eigenvalue weighted by Crippen LogP contribution is -2.20. The highest BCUT2D eigenvalue weighted by Crippen LogP contribution is 2.31. The van der Waals surface area contributed by atoms with Crippen LogP contribution >= 0.6 is 27.3 Å². The largest absolute Gasteiger partial charge is 0.422 e. The van der Waals surface area contributed by atoms with Gasteiger partial charge in [-0.15, -0.1) is 11.3 Å². The van der Waals surface area contributed by atoms with Gasteiger partial charge in [0.2, 0.25) is 0 Å². The summed E-state index contributed by atoms with van der Waals surface area (Å²) in [6, 6.07) is 25.4. The number of fused-ring (bicyclic) bond motifs is 1. The van der Waals surface area contributed by atoms with E-state index in [4.69, 9.17) is 4.42 Å². The summed E-state index contributed by atoms with van der Waals surface area (Å²) in [5.74, 6) is -0.547. The van der Waals surface area contributed by atoms with Crippen LogP contribution in [0.3, 0.4) is 0 Å². The number of aryl methyl sites for hydroxylation is 1. The number of hydrogen-bond donors (Lipinski definition) is 1. The molecule has 0 bridgehead atoms. The topological polar surface area (TPSA) is 72.2 Å². The lowest BCUT2D eigenvalue weighted by molar-refractivity contribution is 0.102. The van der Waals surface area contributed by atoms with Crippen LogP contribution in [0.1, 0.15) is 26.4 Å². The quantitative estimate of drug-likeness (QED) is 0.253. The SMILES string of the molecule is Cc1sc(NC(=O)c2cc3cc(Br)ccc3oc2=O)nc1-c1ccc(Cc2ccccc2)cc1.